The summed E-state index contributed by atoms with van der Waals surface area (Å²) in [5, 5.41) is 0.758. The van der Waals surface area contributed by atoms with Gasteiger partial charge in [-0.1, -0.05) is 59.1 Å². The minimum absolute atomic E-state index is 0.216. The fourth-order valence-electron chi connectivity index (χ4n) is 2.02. The van der Waals surface area contributed by atoms with E-state index in [9.17, 15) is 4.79 Å². The number of hydrogen-bond donors (Lipinski definition) is 0. The zero-order valence-electron chi connectivity index (χ0n) is 9.12. The van der Waals surface area contributed by atoms with Crippen molar-refractivity contribution in [3.05, 3.63) is 34.3 Å². The molecule has 1 aliphatic rings. The van der Waals surface area contributed by atoms with Crippen molar-refractivity contribution in [2.45, 2.75) is 37.4 Å². The largest absolute Gasteiger partial charge is 0.282 e. The third-order valence-corrected chi connectivity index (χ3v) is 4.63. The number of benzene rings is 1. The summed E-state index contributed by atoms with van der Waals surface area (Å²) >= 11 is 4.92. The Labute approximate surface area is 109 Å². The summed E-state index contributed by atoms with van der Waals surface area (Å²) in [5.74, 6) is 0. The maximum Gasteiger partial charge on any atom is 0.219 e. The molecule has 0 amide bonds. The minimum Gasteiger partial charge on any atom is -0.282 e. The first kappa shape index (κ1) is 12.2. The van der Waals surface area contributed by atoms with Crippen LogP contribution < -0.4 is 0 Å². The second kappa shape index (κ2) is 5.87. The number of thioether (sulfide) groups is 1. The van der Waals surface area contributed by atoms with E-state index >= 15 is 0 Å². The lowest BCUT2D eigenvalue weighted by atomic mass is 10.0. The van der Waals surface area contributed by atoms with E-state index < -0.39 is 0 Å². The molecule has 86 valence electrons. The van der Waals surface area contributed by atoms with Crippen LogP contribution in [0.25, 0.3) is 0 Å². The van der Waals surface area contributed by atoms with Crippen LogP contribution in [0.4, 0.5) is 0 Å². The van der Waals surface area contributed by atoms with E-state index in [0.29, 0.717) is 5.25 Å². The first-order chi connectivity index (χ1) is 7.75. The topological polar surface area (TPSA) is 17.1 Å². The Bertz CT molecular complexity index is 372. The zero-order valence-corrected chi connectivity index (χ0v) is 11.5. The molecule has 1 aliphatic carbocycles. The number of hydrogen-bond acceptors (Lipinski definition) is 2. The summed E-state index contributed by atoms with van der Waals surface area (Å²) in [6.07, 6.45) is 6.30. The van der Waals surface area contributed by atoms with Crippen LogP contribution >= 0.6 is 27.7 Å². The van der Waals surface area contributed by atoms with E-state index in [1.807, 2.05) is 24.3 Å². The Hall–Kier alpha value is -0.280. The second-order valence-corrected chi connectivity index (χ2v) is 6.36. The molecule has 0 atom stereocenters. The van der Waals surface area contributed by atoms with Crippen LogP contribution in [0.1, 0.15) is 42.5 Å². The lowest BCUT2D eigenvalue weighted by Gasteiger charge is -2.19. The molecule has 1 saturated carbocycles. The molecule has 0 spiro atoms. The van der Waals surface area contributed by atoms with Crippen molar-refractivity contribution < 1.29 is 4.79 Å². The minimum atomic E-state index is 0.216. The summed E-state index contributed by atoms with van der Waals surface area (Å²) in [6, 6.07) is 7.65. The Morgan fingerprint density at radius 2 is 2.00 bits per heavy atom. The van der Waals surface area contributed by atoms with Crippen molar-refractivity contribution in [1.82, 2.24) is 0 Å². The third kappa shape index (κ3) is 3.36. The fraction of sp³-hybridized carbons (Fsp3) is 0.462. The van der Waals surface area contributed by atoms with Crippen molar-refractivity contribution in [1.29, 1.82) is 0 Å². The van der Waals surface area contributed by atoms with Crippen molar-refractivity contribution in [2.24, 2.45) is 0 Å². The Kier molecular flexibility index (Phi) is 4.47. The van der Waals surface area contributed by atoms with Crippen LogP contribution in [0.3, 0.4) is 0 Å². The van der Waals surface area contributed by atoms with Gasteiger partial charge in [-0.25, -0.2) is 0 Å². The molecule has 0 aliphatic heterocycles. The average Bonchev–Trinajstić information content (AvgIpc) is 2.30. The quantitative estimate of drug-likeness (QED) is 0.790. The molecular formula is C13H15BrOS. The monoisotopic (exact) mass is 298 g/mol. The lowest BCUT2D eigenvalue weighted by molar-refractivity contribution is 0.108. The highest BCUT2D eigenvalue weighted by Crippen LogP contribution is 2.30. The van der Waals surface area contributed by atoms with E-state index in [1.54, 1.807) is 0 Å². The molecule has 0 saturated heterocycles. The van der Waals surface area contributed by atoms with Crippen molar-refractivity contribution in [3.8, 4) is 0 Å². The molecule has 1 aromatic rings. The lowest BCUT2D eigenvalue weighted by Crippen LogP contribution is -2.11. The molecule has 3 heteroatoms. The van der Waals surface area contributed by atoms with Gasteiger partial charge >= 0.3 is 0 Å². The first-order valence-electron chi connectivity index (χ1n) is 5.72. The molecule has 1 aromatic carbocycles. The molecule has 0 heterocycles. The van der Waals surface area contributed by atoms with Gasteiger partial charge in [0.15, 0.2) is 0 Å². The Balaban J connectivity index is 1.97. The van der Waals surface area contributed by atoms with Crippen molar-refractivity contribution in [2.75, 3.05) is 0 Å². The van der Waals surface area contributed by atoms with Gasteiger partial charge in [-0.3, -0.25) is 4.79 Å². The predicted molar refractivity (Wildman–Crippen MR) is 72.9 cm³/mol. The van der Waals surface area contributed by atoms with Crippen molar-refractivity contribution in [3.63, 3.8) is 0 Å². The highest BCUT2D eigenvalue weighted by atomic mass is 79.9. The molecule has 1 fully saturated rings. The molecule has 0 radical (unpaired) electrons. The van der Waals surface area contributed by atoms with Crippen LogP contribution in [0.2, 0.25) is 0 Å². The van der Waals surface area contributed by atoms with Gasteiger partial charge in [0, 0.05) is 15.3 Å². The summed E-state index contributed by atoms with van der Waals surface area (Å²) in [6.45, 7) is 0. The van der Waals surface area contributed by atoms with Crippen LogP contribution in [0.15, 0.2) is 28.7 Å². The standard InChI is InChI=1S/C13H15BrOS/c14-11-6-4-5-10(9-11)13(15)16-12-7-2-1-3-8-12/h4-6,9,12H,1-3,7-8H2. The molecular weight excluding hydrogens is 284 g/mol. The van der Waals surface area contributed by atoms with Gasteiger partial charge in [0.25, 0.3) is 0 Å². The fourth-order valence-corrected chi connectivity index (χ4v) is 3.55. The molecule has 0 N–H and O–H groups in total. The molecule has 1 nitrogen and oxygen atoms in total. The maximum absolute atomic E-state index is 12.0. The van der Waals surface area contributed by atoms with Gasteiger partial charge < -0.3 is 0 Å². The normalized spacial score (nSPS) is 17.3. The second-order valence-electron chi connectivity index (χ2n) is 4.18. The summed E-state index contributed by atoms with van der Waals surface area (Å²) in [4.78, 5) is 12.0. The highest BCUT2D eigenvalue weighted by Gasteiger charge is 2.18. The van der Waals surface area contributed by atoms with E-state index in [4.69, 9.17) is 0 Å². The Morgan fingerprint density at radius 3 is 2.69 bits per heavy atom. The smallest absolute Gasteiger partial charge is 0.219 e. The SMILES string of the molecule is O=C(SC1CCCCC1)c1cccc(Br)c1. The van der Waals surface area contributed by atoms with Crippen LogP contribution in [-0.4, -0.2) is 10.4 Å². The van der Waals surface area contributed by atoms with E-state index in [2.05, 4.69) is 15.9 Å². The van der Waals surface area contributed by atoms with E-state index in [-0.39, 0.29) is 5.12 Å². The van der Waals surface area contributed by atoms with E-state index in [1.165, 1.54) is 43.9 Å². The molecule has 2 rings (SSSR count). The third-order valence-electron chi connectivity index (χ3n) is 2.89. The maximum atomic E-state index is 12.0. The molecule has 0 bridgehead atoms. The molecule has 0 aromatic heterocycles. The number of halogens is 1. The van der Waals surface area contributed by atoms with Gasteiger partial charge in [0.1, 0.15) is 0 Å². The molecule has 0 unspecified atom stereocenters. The molecule has 16 heavy (non-hydrogen) atoms. The van der Waals surface area contributed by atoms with Gasteiger partial charge in [-0.15, -0.1) is 0 Å². The van der Waals surface area contributed by atoms with Gasteiger partial charge in [0.05, 0.1) is 0 Å². The van der Waals surface area contributed by atoms with Crippen LogP contribution in [-0.2, 0) is 0 Å². The first-order valence-corrected chi connectivity index (χ1v) is 7.39. The zero-order chi connectivity index (χ0) is 11.4. The summed E-state index contributed by atoms with van der Waals surface area (Å²) < 4.78 is 0.975. The summed E-state index contributed by atoms with van der Waals surface area (Å²) in [7, 11) is 0. The summed E-state index contributed by atoms with van der Waals surface area (Å²) in [5.41, 5.74) is 0.810. The van der Waals surface area contributed by atoms with Crippen LogP contribution in [0.5, 0.6) is 0 Å². The highest BCUT2D eigenvalue weighted by molar-refractivity contribution is 9.10. The average molecular weight is 299 g/mol. The number of rotatable bonds is 2. The van der Waals surface area contributed by atoms with E-state index in [0.717, 1.165) is 10.0 Å². The van der Waals surface area contributed by atoms with Gasteiger partial charge in [0.2, 0.25) is 5.12 Å². The number of carbonyl (C=O) groups excluding carboxylic acids is 1. The van der Waals surface area contributed by atoms with Gasteiger partial charge in [-0.2, -0.15) is 0 Å². The Morgan fingerprint density at radius 1 is 1.25 bits per heavy atom. The predicted octanol–water partition coefficient (Wildman–Crippen LogP) is 4.66. The number of carbonyl (C=O) groups is 1. The van der Waals surface area contributed by atoms with Crippen LogP contribution in [0, 0.1) is 0 Å². The van der Waals surface area contributed by atoms with Crippen molar-refractivity contribution >= 4 is 32.8 Å². The van der Waals surface area contributed by atoms with Gasteiger partial charge in [-0.05, 0) is 25.0 Å².